The summed E-state index contributed by atoms with van der Waals surface area (Å²) >= 11 is 0. The molecule has 5 aromatic carbocycles. The molecular formula is C44H34N4O. The van der Waals surface area contributed by atoms with Crippen LogP contribution in [0.1, 0.15) is 49.7 Å². The van der Waals surface area contributed by atoms with Gasteiger partial charge in [-0.3, -0.25) is 0 Å². The topological polar surface area (TPSA) is 75.6 Å². The summed E-state index contributed by atoms with van der Waals surface area (Å²) in [4.78, 5) is 15.4. The second-order valence-electron chi connectivity index (χ2n) is 14.6. The van der Waals surface area contributed by atoms with E-state index in [2.05, 4.69) is 84.9 Å². The molecule has 5 heteroatoms. The van der Waals surface area contributed by atoms with E-state index in [0.29, 0.717) is 34.0 Å². The van der Waals surface area contributed by atoms with Gasteiger partial charge in [-0.1, -0.05) is 84.9 Å². The van der Waals surface area contributed by atoms with E-state index >= 15 is 0 Å². The highest BCUT2D eigenvalue weighted by atomic mass is 16.3. The Hall–Kier alpha value is -5.60. The SMILES string of the molecule is N#Cc1ccc2c(c1)oc1cc(-c3nc(-c4ccc(C56CC7CC(CC(C7)C5)C6)cc4)nc(-c4ccccc4-c4ccccc4)n3)ccc12. The number of fused-ring (bicyclic) bond motifs is 3. The Morgan fingerprint density at radius 2 is 1.12 bits per heavy atom. The zero-order chi connectivity index (χ0) is 32.5. The highest BCUT2D eigenvalue weighted by Crippen LogP contribution is 2.60. The maximum Gasteiger partial charge on any atom is 0.164 e. The van der Waals surface area contributed by atoms with Gasteiger partial charge < -0.3 is 4.42 Å². The van der Waals surface area contributed by atoms with Gasteiger partial charge in [0.15, 0.2) is 17.5 Å². The van der Waals surface area contributed by atoms with Crippen molar-refractivity contribution in [1.29, 1.82) is 5.26 Å². The third-order valence-corrected chi connectivity index (χ3v) is 11.5. The molecule has 5 nitrogen and oxygen atoms in total. The molecule has 0 spiro atoms. The lowest BCUT2D eigenvalue weighted by Gasteiger charge is -2.57. The molecule has 2 aromatic heterocycles. The fourth-order valence-corrected chi connectivity index (χ4v) is 9.72. The van der Waals surface area contributed by atoms with Crippen molar-refractivity contribution in [2.45, 2.75) is 43.9 Å². The van der Waals surface area contributed by atoms with Crippen LogP contribution in [0.4, 0.5) is 0 Å². The summed E-state index contributed by atoms with van der Waals surface area (Å²) in [5.74, 6) is 4.59. The zero-order valence-corrected chi connectivity index (χ0v) is 27.1. The molecule has 7 aromatic rings. The number of furan rings is 1. The smallest absolute Gasteiger partial charge is 0.164 e. The van der Waals surface area contributed by atoms with E-state index in [1.165, 1.54) is 44.1 Å². The van der Waals surface area contributed by atoms with E-state index in [0.717, 1.165) is 61.9 Å². The molecule has 0 amide bonds. The van der Waals surface area contributed by atoms with Crippen molar-refractivity contribution in [2.24, 2.45) is 17.8 Å². The van der Waals surface area contributed by atoms with Crippen molar-refractivity contribution >= 4 is 21.9 Å². The van der Waals surface area contributed by atoms with Crippen molar-refractivity contribution in [2.75, 3.05) is 0 Å². The van der Waals surface area contributed by atoms with Crippen LogP contribution >= 0.6 is 0 Å². The predicted octanol–water partition coefficient (Wildman–Crippen LogP) is 10.8. The van der Waals surface area contributed by atoms with Crippen LogP contribution in [-0.4, -0.2) is 15.0 Å². The fraction of sp³-hybridized carbons (Fsp3) is 0.227. The quantitative estimate of drug-likeness (QED) is 0.188. The number of hydrogen-bond acceptors (Lipinski definition) is 5. The molecule has 49 heavy (non-hydrogen) atoms. The molecule has 0 saturated heterocycles. The molecule has 0 unspecified atom stereocenters. The first-order valence-corrected chi connectivity index (χ1v) is 17.5. The highest BCUT2D eigenvalue weighted by Gasteiger charge is 2.51. The van der Waals surface area contributed by atoms with Gasteiger partial charge in [0.1, 0.15) is 11.2 Å². The van der Waals surface area contributed by atoms with E-state index < -0.39 is 0 Å². The first-order chi connectivity index (χ1) is 24.1. The van der Waals surface area contributed by atoms with Crippen LogP contribution in [0.2, 0.25) is 0 Å². The van der Waals surface area contributed by atoms with Crippen molar-refractivity contribution in [1.82, 2.24) is 15.0 Å². The standard InChI is InChI=1S/C44H34N4O/c45-26-27-10-16-36-37-17-13-33(22-40(37)49-39(36)21-27)42-46-41(47-43(48-42)38-9-5-4-8-35(38)31-6-2-1-3-7-31)32-11-14-34(15-12-32)44-23-28-18-29(24-44)20-30(19-28)25-44/h1-17,21-22,28-30H,18-20,23-25H2. The van der Waals surface area contributed by atoms with Gasteiger partial charge in [0, 0.05) is 27.5 Å². The van der Waals surface area contributed by atoms with Crippen LogP contribution in [0.3, 0.4) is 0 Å². The maximum absolute atomic E-state index is 9.41. The Morgan fingerprint density at radius 1 is 0.551 bits per heavy atom. The Morgan fingerprint density at radius 3 is 1.82 bits per heavy atom. The number of hydrogen-bond donors (Lipinski definition) is 0. The summed E-state index contributed by atoms with van der Waals surface area (Å²) in [6.45, 7) is 0. The predicted molar refractivity (Wildman–Crippen MR) is 193 cm³/mol. The highest BCUT2D eigenvalue weighted by molar-refractivity contribution is 6.06. The summed E-state index contributed by atoms with van der Waals surface area (Å²) < 4.78 is 6.26. The number of aromatic nitrogens is 3. The summed E-state index contributed by atoms with van der Waals surface area (Å²) in [5, 5.41) is 11.4. The van der Waals surface area contributed by atoms with Crippen LogP contribution in [0.5, 0.6) is 0 Å². The van der Waals surface area contributed by atoms with Crippen LogP contribution in [0.15, 0.2) is 120 Å². The van der Waals surface area contributed by atoms with Crippen molar-refractivity contribution in [3.05, 3.63) is 126 Å². The molecule has 0 aliphatic heterocycles. The van der Waals surface area contributed by atoms with Crippen LogP contribution in [0.25, 0.3) is 67.2 Å². The largest absolute Gasteiger partial charge is 0.456 e. The second kappa shape index (κ2) is 11.0. The number of nitrogens with zero attached hydrogens (tertiary/aromatic N) is 4. The van der Waals surface area contributed by atoms with Gasteiger partial charge in [-0.15, -0.1) is 0 Å². The lowest BCUT2D eigenvalue weighted by atomic mass is 9.48. The second-order valence-corrected chi connectivity index (χ2v) is 14.6. The Balaban J connectivity index is 1.10. The molecule has 236 valence electrons. The lowest BCUT2D eigenvalue weighted by molar-refractivity contribution is -0.00518. The van der Waals surface area contributed by atoms with Crippen molar-refractivity contribution < 1.29 is 4.42 Å². The minimum Gasteiger partial charge on any atom is -0.456 e. The first-order valence-electron chi connectivity index (χ1n) is 17.5. The van der Waals surface area contributed by atoms with E-state index in [-0.39, 0.29) is 0 Å². The van der Waals surface area contributed by atoms with Crippen LogP contribution < -0.4 is 0 Å². The van der Waals surface area contributed by atoms with Crippen LogP contribution in [0, 0.1) is 29.1 Å². The molecule has 4 bridgehead atoms. The molecule has 0 radical (unpaired) electrons. The van der Waals surface area contributed by atoms with Gasteiger partial charge in [-0.25, -0.2) is 15.0 Å². The molecule has 11 rings (SSSR count). The maximum atomic E-state index is 9.41. The van der Waals surface area contributed by atoms with Gasteiger partial charge >= 0.3 is 0 Å². The number of benzene rings is 5. The average Bonchev–Trinajstić information content (AvgIpc) is 3.51. The summed E-state index contributed by atoms with van der Waals surface area (Å²) in [6.07, 6.45) is 8.36. The van der Waals surface area contributed by atoms with Gasteiger partial charge in [-0.2, -0.15) is 5.26 Å². The Labute approximate surface area is 285 Å². The Kier molecular flexibility index (Phi) is 6.36. The first kappa shape index (κ1) is 28.4. The number of rotatable bonds is 5. The van der Waals surface area contributed by atoms with Crippen molar-refractivity contribution in [3.63, 3.8) is 0 Å². The summed E-state index contributed by atoms with van der Waals surface area (Å²) in [6, 6.07) is 41.8. The van der Waals surface area contributed by atoms with E-state index in [9.17, 15) is 5.26 Å². The molecular weight excluding hydrogens is 601 g/mol. The van der Waals surface area contributed by atoms with E-state index in [1.807, 2.05) is 30.3 Å². The van der Waals surface area contributed by atoms with Gasteiger partial charge in [-0.05, 0) is 109 Å². The molecule has 4 saturated carbocycles. The number of nitriles is 1. The monoisotopic (exact) mass is 634 g/mol. The summed E-state index contributed by atoms with van der Waals surface area (Å²) in [5.41, 5.74) is 8.81. The van der Waals surface area contributed by atoms with Gasteiger partial charge in [0.05, 0.1) is 11.6 Å². The van der Waals surface area contributed by atoms with Crippen LogP contribution in [-0.2, 0) is 5.41 Å². The third-order valence-electron chi connectivity index (χ3n) is 11.5. The van der Waals surface area contributed by atoms with E-state index in [1.54, 1.807) is 6.07 Å². The van der Waals surface area contributed by atoms with Gasteiger partial charge in [0.25, 0.3) is 0 Å². The fourth-order valence-electron chi connectivity index (χ4n) is 9.72. The lowest BCUT2D eigenvalue weighted by Crippen LogP contribution is -2.48. The van der Waals surface area contributed by atoms with Crippen molar-refractivity contribution in [3.8, 4) is 51.4 Å². The molecule has 4 aliphatic rings. The third kappa shape index (κ3) is 4.77. The van der Waals surface area contributed by atoms with E-state index in [4.69, 9.17) is 19.4 Å². The summed E-state index contributed by atoms with van der Waals surface area (Å²) in [7, 11) is 0. The average molecular weight is 635 g/mol. The Bertz CT molecular complexity index is 2400. The van der Waals surface area contributed by atoms with Gasteiger partial charge in [0.2, 0.25) is 0 Å². The minimum absolute atomic E-state index is 0.341. The molecule has 4 fully saturated rings. The molecule has 0 atom stereocenters. The molecule has 2 heterocycles. The molecule has 4 aliphatic carbocycles. The zero-order valence-electron chi connectivity index (χ0n) is 27.1. The molecule has 0 N–H and O–H groups in total. The minimum atomic E-state index is 0.341. The normalized spacial score (nSPS) is 22.5.